The Balaban J connectivity index is 1.45. The molecule has 9 heteroatoms. The molecule has 1 saturated carbocycles. The molecule has 0 amide bonds. The number of benzene rings is 1. The van der Waals surface area contributed by atoms with Crippen LogP contribution < -0.4 is 10.4 Å². The van der Waals surface area contributed by atoms with E-state index in [4.69, 9.17) is 0 Å². The third-order valence-electron chi connectivity index (χ3n) is 4.56. The topological polar surface area (TPSA) is 87.2 Å². The van der Waals surface area contributed by atoms with Gasteiger partial charge in [-0.3, -0.25) is 0 Å². The first-order valence-corrected chi connectivity index (χ1v) is 8.36. The summed E-state index contributed by atoms with van der Waals surface area (Å²) in [5, 5.41) is 24.3. The van der Waals surface area contributed by atoms with E-state index in [2.05, 4.69) is 54.0 Å². The predicted molar refractivity (Wildman–Crippen MR) is 91.3 cm³/mol. The average molecular weight is 335 g/mol. The van der Waals surface area contributed by atoms with Crippen LogP contribution in [0.4, 0.5) is 11.4 Å². The standard InChI is InChI=1S/C16H17N9/c1-11(6-25-19-9-18-21-25)24-8-13-4-15-12(5-16(13)20-22-24)7-23(10-17-15)14-2-3-14/h4-5,7-11,14H,2-3,6H2,1H3/t11-/m1/s1. The summed E-state index contributed by atoms with van der Waals surface area (Å²) in [7, 11) is 0. The van der Waals surface area contributed by atoms with Crippen LogP contribution in [-0.2, 0) is 6.54 Å². The third-order valence-corrected chi connectivity index (χ3v) is 4.56. The van der Waals surface area contributed by atoms with Crippen molar-refractivity contribution in [2.75, 3.05) is 0 Å². The van der Waals surface area contributed by atoms with Gasteiger partial charge in [0.2, 0.25) is 0 Å². The first-order chi connectivity index (χ1) is 12.3. The highest BCUT2D eigenvalue weighted by Crippen LogP contribution is 2.27. The molecule has 2 aliphatic heterocycles. The molecule has 0 bridgehead atoms. The fourth-order valence-corrected chi connectivity index (χ4v) is 2.99. The second kappa shape index (κ2) is 5.47. The molecular formula is C16H17N9. The van der Waals surface area contributed by atoms with Crippen LogP contribution in [0.2, 0.25) is 0 Å². The molecule has 2 aromatic rings. The van der Waals surface area contributed by atoms with Crippen molar-refractivity contribution < 1.29 is 0 Å². The normalized spacial score (nSPS) is 19.1. The Hall–Kier alpha value is -3.10. The van der Waals surface area contributed by atoms with Crippen molar-refractivity contribution in [2.45, 2.75) is 38.4 Å². The van der Waals surface area contributed by atoms with Gasteiger partial charge in [0, 0.05) is 28.9 Å². The van der Waals surface area contributed by atoms with E-state index in [1.165, 1.54) is 19.2 Å². The molecule has 1 aromatic carbocycles. The lowest BCUT2D eigenvalue weighted by molar-refractivity contribution is 0.266. The molecule has 126 valence electrons. The van der Waals surface area contributed by atoms with Crippen molar-refractivity contribution in [1.82, 2.24) is 30.1 Å². The van der Waals surface area contributed by atoms with Gasteiger partial charge in [-0.15, -0.1) is 15.3 Å². The van der Waals surface area contributed by atoms with Gasteiger partial charge in [0.25, 0.3) is 0 Å². The predicted octanol–water partition coefficient (Wildman–Crippen LogP) is 0.690. The number of aromatic nitrogens is 4. The maximum absolute atomic E-state index is 4.60. The fraction of sp³-hybridized carbons (Fsp3) is 0.375. The zero-order chi connectivity index (χ0) is 16.8. The van der Waals surface area contributed by atoms with Gasteiger partial charge in [0.05, 0.1) is 30.3 Å². The summed E-state index contributed by atoms with van der Waals surface area (Å²) >= 11 is 0. The van der Waals surface area contributed by atoms with Gasteiger partial charge in [-0.1, -0.05) is 5.22 Å². The summed E-state index contributed by atoms with van der Waals surface area (Å²) < 4.78 is 0. The lowest BCUT2D eigenvalue weighted by Gasteiger charge is -2.23. The molecule has 1 aromatic heterocycles. The Morgan fingerprint density at radius 2 is 2.00 bits per heavy atom. The molecular weight excluding hydrogens is 318 g/mol. The molecule has 0 radical (unpaired) electrons. The highest BCUT2D eigenvalue weighted by Gasteiger charge is 2.27. The Morgan fingerprint density at radius 3 is 2.80 bits per heavy atom. The molecule has 25 heavy (non-hydrogen) atoms. The van der Waals surface area contributed by atoms with E-state index >= 15 is 0 Å². The van der Waals surface area contributed by atoms with Crippen LogP contribution in [0, 0.1) is 0 Å². The van der Waals surface area contributed by atoms with Crippen LogP contribution in [0.1, 0.15) is 19.8 Å². The van der Waals surface area contributed by atoms with Crippen LogP contribution in [0.3, 0.4) is 0 Å². The van der Waals surface area contributed by atoms with Crippen molar-refractivity contribution in [1.29, 1.82) is 0 Å². The highest BCUT2D eigenvalue weighted by molar-refractivity contribution is 5.73. The molecule has 0 spiro atoms. The smallest absolute Gasteiger partial charge is 0.162 e. The van der Waals surface area contributed by atoms with E-state index in [1.54, 1.807) is 4.80 Å². The first kappa shape index (κ1) is 14.3. The zero-order valence-corrected chi connectivity index (χ0v) is 13.8. The zero-order valence-electron chi connectivity index (χ0n) is 13.8. The van der Waals surface area contributed by atoms with Crippen molar-refractivity contribution in [3.05, 3.63) is 28.9 Å². The maximum atomic E-state index is 4.60. The second-order valence-electron chi connectivity index (χ2n) is 6.56. The van der Waals surface area contributed by atoms with E-state index in [1.807, 2.05) is 24.5 Å². The molecule has 9 nitrogen and oxygen atoms in total. The number of rotatable bonds is 4. The molecule has 1 aliphatic carbocycles. The van der Waals surface area contributed by atoms with Gasteiger partial charge < -0.3 is 4.90 Å². The molecule has 0 N–H and O–H groups in total. The van der Waals surface area contributed by atoms with Gasteiger partial charge in [-0.25, -0.2) is 10.0 Å². The average Bonchev–Trinajstić information content (AvgIpc) is 3.36. The summed E-state index contributed by atoms with van der Waals surface area (Å²) in [5.41, 5.74) is 1.83. The highest BCUT2D eigenvalue weighted by atomic mass is 15.6. The summed E-state index contributed by atoms with van der Waals surface area (Å²) in [6, 6.07) is 4.79. The van der Waals surface area contributed by atoms with Crippen molar-refractivity contribution >= 4 is 30.1 Å². The van der Waals surface area contributed by atoms with Crippen LogP contribution in [-0.4, -0.2) is 48.5 Å². The fourth-order valence-electron chi connectivity index (χ4n) is 2.99. The van der Waals surface area contributed by atoms with Crippen molar-refractivity contribution in [3.8, 4) is 0 Å². The second-order valence-corrected chi connectivity index (χ2v) is 6.56. The van der Waals surface area contributed by atoms with E-state index < -0.39 is 0 Å². The molecule has 3 aliphatic rings. The van der Waals surface area contributed by atoms with Crippen molar-refractivity contribution in [3.63, 3.8) is 0 Å². The van der Waals surface area contributed by atoms with Gasteiger partial charge in [0.1, 0.15) is 0 Å². The summed E-state index contributed by atoms with van der Waals surface area (Å²) in [5.74, 6) is 0. The lowest BCUT2D eigenvalue weighted by atomic mass is 10.1. The van der Waals surface area contributed by atoms with Gasteiger partial charge in [-0.2, -0.15) is 4.80 Å². The number of nitrogens with zero attached hydrogens (tertiary/aromatic N) is 9. The maximum Gasteiger partial charge on any atom is 0.162 e. The third kappa shape index (κ3) is 2.67. The van der Waals surface area contributed by atoms with Crippen LogP contribution in [0.25, 0.3) is 12.4 Å². The van der Waals surface area contributed by atoms with Crippen LogP contribution in [0.5, 0.6) is 0 Å². The molecule has 1 fully saturated rings. The number of tetrazole rings is 1. The first-order valence-electron chi connectivity index (χ1n) is 8.36. The number of fused-ring (bicyclic) bond motifs is 2. The Kier molecular flexibility index (Phi) is 3.12. The molecule has 0 unspecified atom stereocenters. The lowest BCUT2D eigenvalue weighted by Crippen LogP contribution is -2.32. The van der Waals surface area contributed by atoms with E-state index in [-0.39, 0.29) is 6.04 Å². The Labute approximate surface area is 143 Å². The van der Waals surface area contributed by atoms with Gasteiger partial charge in [-0.05, 0) is 37.1 Å². The Morgan fingerprint density at radius 1 is 1.16 bits per heavy atom. The summed E-state index contributed by atoms with van der Waals surface area (Å²) in [6.07, 6.45) is 9.98. The summed E-state index contributed by atoms with van der Waals surface area (Å²) in [6.45, 7) is 2.62. The van der Waals surface area contributed by atoms with E-state index in [0.29, 0.717) is 12.6 Å². The molecule has 0 saturated heterocycles. The van der Waals surface area contributed by atoms with E-state index in [9.17, 15) is 0 Å². The molecule has 5 rings (SSSR count). The van der Waals surface area contributed by atoms with Gasteiger partial charge >= 0.3 is 0 Å². The minimum Gasteiger partial charge on any atom is -0.335 e. The minimum atomic E-state index is 0.0579. The monoisotopic (exact) mass is 335 g/mol. The Bertz CT molecular complexity index is 972. The van der Waals surface area contributed by atoms with Crippen LogP contribution in [0.15, 0.2) is 33.8 Å². The number of hydrogen-bond acceptors (Lipinski definition) is 8. The number of aliphatic imine (C=N–C) groups is 1. The minimum absolute atomic E-state index is 0.0579. The summed E-state index contributed by atoms with van der Waals surface area (Å²) in [4.78, 5) is 8.34. The van der Waals surface area contributed by atoms with Crippen molar-refractivity contribution in [2.24, 2.45) is 15.3 Å². The largest absolute Gasteiger partial charge is 0.335 e. The quantitative estimate of drug-likeness (QED) is 0.820. The SMILES string of the molecule is C[C@H](Cn1ncnn1)N1C=c2cc3c(cc2N=N1)=CN(C1CC1)C=N3. The van der Waals surface area contributed by atoms with Crippen LogP contribution >= 0.6 is 0 Å². The van der Waals surface area contributed by atoms with Gasteiger partial charge in [0.15, 0.2) is 6.33 Å². The molecule has 1 atom stereocenters. The van der Waals surface area contributed by atoms with E-state index in [0.717, 1.165) is 21.8 Å². The molecule has 3 heterocycles. The number of hydrogen-bond donors (Lipinski definition) is 0.